The summed E-state index contributed by atoms with van der Waals surface area (Å²) < 4.78 is 9.49. The van der Waals surface area contributed by atoms with Crippen LogP contribution in [0.25, 0.3) is 0 Å². The molecule has 0 aliphatic carbocycles. The van der Waals surface area contributed by atoms with Gasteiger partial charge in [0.25, 0.3) is 0 Å². The number of ether oxygens (including phenoxy) is 2. The molecule has 0 unspecified atom stereocenters. The van der Waals surface area contributed by atoms with Gasteiger partial charge < -0.3 is 45.4 Å². The highest BCUT2D eigenvalue weighted by molar-refractivity contribution is 6.88. The molecule has 4 N–H and O–H groups in total. The Bertz CT molecular complexity index is 2050. The first-order valence-electron chi connectivity index (χ1n) is 22.9. The number of nitrogens with one attached hydrogen (secondary N) is 4. The SMILES string of the molecule is COC(=O)N[C@H](C(=O)N1CCC[C@H]1C(=O)Nc1ccc([C@@H]2CC[C@@H](c3ccc(NC(=O)[C@@H]4CCCN4C(=O)[C@@H](NC(=O)OC)C(C)C)cc3)N2c2ccc([Si](C)(C)C)cc2)cc1)C(C)C. The van der Waals surface area contributed by atoms with Crippen molar-refractivity contribution in [2.45, 2.75) is 122 Å². The molecular weight excluding hydrogens is 843 g/mol. The van der Waals surface area contributed by atoms with Crippen LogP contribution in [0.15, 0.2) is 72.8 Å². The molecule has 0 radical (unpaired) electrons. The first-order chi connectivity index (χ1) is 30.9. The first kappa shape index (κ1) is 48.6. The molecule has 3 aromatic carbocycles. The minimum absolute atomic E-state index is 0.0364. The average molecular weight is 910 g/mol. The Morgan fingerprint density at radius 2 is 0.954 bits per heavy atom. The van der Waals surface area contributed by atoms with E-state index in [-0.39, 0.29) is 47.5 Å². The lowest BCUT2D eigenvalue weighted by molar-refractivity contribution is -0.139. The van der Waals surface area contributed by atoms with Crippen molar-refractivity contribution < 1.29 is 38.2 Å². The van der Waals surface area contributed by atoms with E-state index in [0.717, 1.165) is 29.7 Å². The van der Waals surface area contributed by atoms with Gasteiger partial charge in [0.15, 0.2) is 0 Å². The summed E-state index contributed by atoms with van der Waals surface area (Å²) in [6.45, 7) is 15.2. The first-order valence-corrected chi connectivity index (χ1v) is 26.4. The minimum atomic E-state index is -1.55. The number of hydrogen-bond donors (Lipinski definition) is 4. The summed E-state index contributed by atoms with van der Waals surface area (Å²) in [7, 11) is 0.954. The number of nitrogens with zero attached hydrogens (tertiary/aromatic N) is 3. The number of likely N-dealkylation sites (tertiary alicyclic amines) is 2. The Morgan fingerprint density at radius 1 is 0.569 bits per heavy atom. The van der Waals surface area contributed by atoms with Crippen LogP contribution >= 0.6 is 0 Å². The summed E-state index contributed by atoms with van der Waals surface area (Å²) in [5.74, 6) is -1.54. The van der Waals surface area contributed by atoms with E-state index in [1.54, 1.807) is 9.80 Å². The van der Waals surface area contributed by atoms with E-state index in [4.69, 9.17) is 9.47 Å². The van der Waals surface area contributed by atoms with Crippen LogP contribution < -0.4 is 31.4 Å². The number of hydrogen-bond acceptors (Lipinski definition) is 9. The highest BCUT2D eigenvalue weighted by Gasteiger charge is 2.41. The van der Waals surface area contributed by atoms with E-state index in [9.17, 15) is 28.8 Å². The van der Waals surface area contributed by atoms with E-state index in [0.29, 0.717) is 50.1 Å². The molecule has 65 heavy (non-hydrogen) atoms. The van der Waals surface area contributed by atoms with Gasteiger partial charge in [-0.05, 0) is 97.9 Å². The predicted octanol–water partition coefficient (Wildman–Crippen LogP) is 6.93. The average Bonchev–Trinajstić information content (AvgIpc) is 4.08. The molecule has 3 saturated heterocycles. The number of methoxy groups -OCH3 is 2. The van der Waals surface area contributed by atoms with Crippen molar-refractivity contribution in [2.24, 2.45) is 11.8 Å². The summed E-state index contributed by atoms with van der Waals surface area (Å²) >= 11 is 0. The van der Waals surface area contributed by atoms with Crippen LogP contribution in [0.4, 0.5) is 26.7 Å². The van der Waals surface area contributed by atoms with Crippen LogP contribution in [-0.2, 0) is 28.7 Å². The molecule has 3 heterocycles. The second-order valence-electron chi connectivity index (χ2n) is 19.1. The largest absolute Gasteiger partial charge is 0.453 e. The lowest BCUT2D eigenvalue weighted by atomic mass is 10.0. The zero-order valence-corrected chi connectivity index (χ0v) is 40.3. The van der Waals surface area contributed by atoms with Crippen molar-refractivity contribution in [1.82, 2.24) is 20.4 Å². The second kappa shape index (κ2) is 20.9. The van der Waals surface area contributed by atoms with Crippen molar-refractivity contribution in [1.29, 1.82) is 0 Å². The number of amides is 6. The third-order valence-corrected chi connectivity index (χ3v) is 15.1. The molecule has 6 amide bonds. The molecule has 3 aliphatic heterocycles. The Hall–Kier alpha value is -5.90. The molecule has 3 aromatic rings. The van der Waals surface area contributed by atoms with E-state index >= 15 is 0 Å². The Labute approximate surface area is 384 Å². The second-order valence-corrected chi connectivity index (χ2v) is 24.2. The molecule has 3 aliphatic rings. The van der Waals surface area contributed by atoms with Crippen molar-refractivity contribution >= 4 is 66.1 Å². The van der Waals surface area contributed by atoms with Crippen LogP contribution in [0, 0.1) is 11.8 Å². The molecular formula is C49H67N7O8Si. The molecule has 16 heteroatoms. The van der Waals surface area contributed by atoms with E-state index in [2.05, 4.69) is 94.3 Å². The van der Waals surface area contributed by atoms with Crippen molar-refractivity contribution in [2.75, 3.05) is 42.8 Å². The standard InChI is InChI=1S/C49H67N7O8Si/c1-30(2)42(52-48(61)63-5)46(59)54-28-10-12-40(54)44(57)50-34-18-14-32(15-19-34)38-26-27-39(56(38)36-22-24-37(25-23-36)65(7,8)9)33-16-20-35(21-17-33)51-45(58)41-13-11-29-55(41)47(60)43(31(3)4)53-49(62)64-6/h14-25,30-31,38-43H,10-13,26-29H2,1-9H3,(H,50,57)(H,51,58)(H,52,61)(H,53,62)/t38-,39-,40-,41-,42-,43-/m0/s1. The van der Waals surface area contributed by atoms with Crippen molar-refractivity contribution in [3.63, 3.8) is 0 Å². The summed E-state index contributed by atoms with van der Waals surface area (Å²) in [4.78, 5) is 84.1. The monoisotopic (exact) mass is 909 g/mol. The maximum Gasteiger partial charge on any atom is 0.407 e. The fraction of sp³-hybridized carbons (Fsp3) is 0.510. The van der Waals surface area contributed by atoms with Gasteiger partial charge in [0.05, 0.1) is 34.4 Å². The molecule has 0 bridgehead atoms. The van der Waals surface area contributed by atoms with Gasteiger partial charge in [0.2, 0.25) is 23.6 Å². The van der Waals surface area contributed by atoms with Gasteiger partial charge in [0.1, 0.15) is 24.2 Å². The Morgan fingerprint density at radius 3 is 1.29 bits per heavy atom. The van der Waals surface area contributed by atoms with Gasteiger partial charge in [-0.25, -0.2) is 9.59 Å². The van der Waals surface area contributed by atoms with Gasteiger partial charge in [0, 0.05) is 30.2 Å². The third kappa shape index (κ3) is 11.3. The Balaban J connectivity index is 1.17. The van der Waals surface area contributed by atoms with Gasteiger partial charge in [-0.3, -0.25) is 19.2 Å². The molecule has 15 nitrogen and oxygen atoms in total. The highest BCUT2D eigenvalue weighted by Crippen LogP contribution is 2.47. The molecule has 6 rings (SSSR count). The number of carbonyl (C=O) groups is 6. The van der Waals surface area contributed by atoms with Crippen LogP contribution in [0.2, 0.25) is 19.6 Å². The fourth-order valence-corrected chi connectivity index (χ4v) is 10.5. The zero-order valence-electron chi connectivity index (χ0n) is 39.3. The van der Waals surface area contributed by atoms with Crippen molar-refractivity contribution in [3.8, 4) is 0 Å². The predicted molar refractivity (Wildman–Crippen MR) is 255 cm³/mol. The smallest absolute Gasteiger partial charge is 0.407 e. The summed E-state index contributed by atoms with van der Waals surface area (Å²) in [5.41, 5.74) is 4.58. The normalized spacial score (nSPS) is 20.6. The van der Waals surface area contributed by atoms with Gasteiger partial charge in [-0.2, -0.15) is 0 Å². The molecule has 0 aromatic heterocycles. The van der Waals surface area contributed by atoms with Crippen molar-refractivity contribution in [3.05, 3.63) is 83.9 Å². The topological polar surface area (TPSA) is 179 Å². The van der Waals surface area contributed by atoms with Gasteiger partial charge in [-0.1, -0.05) is 88.9 Å². The minimum Gasteiger partial charge on any atom is -0.453 e. The fourth-order valence-electron chi connectivity index (χ4n) is 9.35. The maximum atomic E-state index is 13.7. The van der Waals surface area contributed by atoms with Gasteiger partial charge in [-0.15, -0.1) is 0 Å². The third-order valence-electron chi connectivity index (χ3n) is 13.0. The highest BCUT2D eigenvalue weighted by atomic mass is 28.3. The van der Waals surface area contributed by atoms with E-state index in [1.807, 2.05) is 52.0 Å². The van der Waals surface area contributed by atoms with Crippen LogP contribution in [0.5, 0.6) is 0 Å². The van der Waals surface area contributed by atoms with E-state index in [1.165, 1.54) is 19.4 Å². The number of alkyl carbamates (subject to hydrolysis) is 2. The lowest BCUT2D eigenvalue weighted by Crippen LogP contribution is -2.54. The summed E-state index contributed by atoms with van der Waals surface area (Å²) in [5, 5.41) is 12.7. The van der Waals surface area contributed by atoms with Gasteiger partial charge >= 0.3 is 12.2 Å². The maximum absolute atomic E-state index is 13.7. The molecule has 0 saturated carbocycles. The zero-order chi connectivity index (χ0) is 47.2. The lowest BCUT2D eigenvalue weighted by Gasteiger charge is -2.34. The van der Waals surface area contributed by atoms with Crippen LogP contribution in [0.3, 0.4) is 0 Å². The molecule has 6 atom stereocenters. The Kier molecular flexibility index (Phi) is 15.6. The quantitative estimate of drug-likeness (QED) is 0.125. The van der Waals surface area contributed by atoms with E-state index < -0.39 is 44.4 Å². The number of benzene rings is 3. The summed E-state index contributed by atoms with van der Waals surface area (Å²) in [6, 6.07) is 22.0. The van der Waals surface area contributed by atoms with Crippen LogP contribution in [-0.4, -0.2) is 105 Å². The molecule has 0 spiro atoms. The number of rotatable bonds is 14. The molecule has 350 valence electrons. The number of carbonyl (C=O) groups excluding carboxylic acids is 6. The molecule has 3 fully saturated rings. The number of anilines is 3. The van der Waals surface area contributed by atoms with Crippen LogP contribution in [0.1, 0.15) is 89.4 Å². The summed E-state index contributed by atoms with van der Waals surface area (Å²) in [6.07, 6.45) is 2.80.